The van der Waals surface area contributed by atoms with Gasteiger partial charge in [-0.1, -0.05) is 90.9 Å². The molecule has 0 bridgehead atoms. The first-order valence-corrected chi connectivity index (χ1v) is 8.84. The van der Waals surface area contributed by atoms with Crippen molar-refractivity contribution in [3.63, 3.8) is 0 Å². The van der Waals surface area contributed by atoms with Gasteiger partial charge >= 0.3 is 0 Å². The van der Waals surface area contributed by atoms with Crippen LogP contribution >= 0.6 is 0 Å². The van der Waals surface area contributed by atoms with Gasteiger partial charge in [-0.15, -0.1) is 0 Å². The zero-order chi connectivity index (χ0) is 14.9. The van der Waals surface area contributed by atoms with E-state index in [4.69, 9.17) is 0 Å². The Morgan fingerprint density at radius 1 is 0.800 bits per heavy atom. The van der Waals surface area contributed by atoms with Gasteiger partial charge in [-0.25, -0.2) is 9.79 Å². The summed E-state index contributed by atoms with van der Waals surface area (Å²) < 4.78 is 0. The second-order valence-corrected chi connectivity index (χ2v) is 6.19. The zero-order valence-corrected chi connectivity index (χ0v) is 13.8. The van der Waals surface area contributed by atoms with Crippen molar-refractivity contribution in [1.29, 1.82) is 0 Å². The van der Waals surface area contributed by atoms with E-state index in [2.05, 4.69) is 18.8 Å². The fraction of sp³-hybridized carbons (Fsp3) is 0.944. The Morgan fingerprint density at radius 3 is 1.85 bits per heavy atom. The molecule has 0 rings (SSSR count). The van der Waals surface area contributed by atoms with Gasteiger partial charge in [0.15, 0.2) is 0 Å². The standard InChI is InChI=1S/C18H35NO/c1-3-4-5-6-7-8-9-10-11-14-18(2)15-12-13-16-19-17-20/h18H,3-16H2,1-2H3. The molecule has 2 nitrogen and oxygen atoms in total. The van der Waals surface area contributed by atoms with E-state index in [1.807, 2.05) is 0 Å². The third-order valence-electron chi connectivity index (χ3n) is 4.08. The van der Waals surface area contributed by atoms with E-state index in [0.717, 1.165) is 12.3 Å². The van der Waals surface area contributed by atoms with Crippen molar-refractivity contribution in [1.82, 2.24) is 0 Å². The van der Waals surface area contributed by atoms with Crippen LogP contribution in [0.4, 0.5) is 0 Å². The first kappa shape index (κ1) is 19.4. The molecule has 0 saturated heterocycles. The normalized spacial score (nSPS) is 12.1. The molecule has 0 aromatic heterocycles. The molecule has 20 heavy (non-hydrogen) atoms. The summed E-state index contributed by atoms with van der Waals surface area (Å²) in [4.78, 5) is 13.5. The Balaban J connectivity index is 3.14. The number of hydrogen-bond donors (Lipinski definition) is 0. The lowest BCUT2D eigenvalue weighted by atomic mass is 9.96. The minimum Gasteiger partial charge on any atom is -0.211 e. The van der Waals surface area contributed by atoms with Crippen molar-refractivity contribution < 1.29 is 4.79 Å². The van der Waals surface area contributed by atoms with Crippen molar-refractivity contribution in [3.8, 4) is 0 Å². The molecule has 1 atom stereocenters. The molecule has 2 heteroatoms. The van der Waals surface area contributed by atoms with Gasteiger partial charge in [-0.3, -0.25) is 0 Å². The van der Waals surface area contributed by atoms with Crippen LogP contribution in [0.5, 0.6) is 0 Å². The van der Waals surface area contributed by atoms with Gasteiger partial charge in [0, 0.05) is 0 Å². The van der Waals surface area contributed by atoms with Crippen LogP contribution in [0.1, 0.15) is 97.3 Å². The summed E-state index contributed by atoms with van der Waals surface area (Å²) in [6.07, 6.45) is 19.2. The number of aliphatic imine (C=N–C) groups is 1. The van der Waals surface area contributed by atoms with Crippen LogP contribution in [-0.4, -0.2) is 12.6 Å². The van der Waals surface area contributed by atoms with Gasteiger partial charge in [0.1, 0.15) is 0 Å². The van der Waals surface area contributed by atoms with E-state index < -0.39 is 0 Å². The lowest BCUT2D eigenvalue weighted by molar-refractivity contribution is 0.438. The quantitative estimate of drug-likeness (QED) is 0.204. The maximum Gasteiger partial charge on any atom is 0.234 e. The molecule has 0 amide bonds. The third-order valence-corrected chi connectivity index (χ3v) is 4.08. The average Bonchev–Trinajstić information content (AvgIpc) is 2.45. The summed E-state index contributed by atoms with van der Waals surface area (Å²) in [6, 6.07) is 0. The molecule has 0 spiro atoms. The number of isocyanates is 1. The van der Waals surface area contributed by atoms with Gasteiger partial charge in [-0.05, 0) is 12.3 Å². The zero-order valence-electron chi connectivity index (χ0n) is 13.8. The van der Waals surface area contributed by atoms with E-state index in [-0.39, 0.29) is 0 Å². The highest BCUT2D eigenvalue weighted by atomic mass is 16.1. The summed E-state index contributed by atoms with van der Waals surface area (Å²) in [6.45, 7) is 5.29. The second kappa shape index (κ2) is 16.4. The van der Waals surface area contributed by atoms with Crippen LogP contribution in [0.15, 0.2) is 4.99 Å². The van der Waals surface area contributed by atoms with Crippen molar-refractivity contribution >= 4 is 6.08 Å². The monoisotopic (exact) mass is 281 g/mol. The molecule has 0 aliphatic heterocycles. The number of nitrogens with zero attached hydrogens (tertiary/aromatic N) is 1. The maximum atomic E-state index is 9.91. The Kier molecular flexibility index (Phi) is 15.9. The lowest BCUT2D eigenvalue weighted by Crippen LogP contribution is -1.95. The summed E-state index contributed by atoms with van der Waals surface area (Å²) in [5, 5.41) is 0. The summed E-state index contributed by atoms with van der Waals surface area (Å²) in [5.41, 5.74) is 0. The predicted molar refractivity (Wildman–Crippen MR) is 87.8 cm³/mol. The predicted octanol–water partition coefficient (Wildman–Crippen LogP) is 6.05. The molecule has 0 saturated carbocycles. The highest BCUT2D eigenvalue weighted by Crippen LogP contribution is 2.17. The number of hydrogen-bond acceptors (Lipinski definition) is 2. The number of unbranched alkanes of at least 4 members (excludes halogenated alkanes) is 9. The Morgan fingerprint density at radius 2 is 1.30 bits per heavy atom. The van der Waals surface area contributed by atoms with Gasteiger partial charge in [0.25, 0.3) is 0 Å². The van der Waals surface area contributed by atoms with E-state index in [1.165, 1.54) is 77.0 Å². The van der Waals surface area contributed by atoms with E-state index in [1.54, 1.807) is 6.08 Å². The molecular weight excluding hydrogens is 246 g/mol. The van der Waals surface area contributed by atoms with Gasteiger partial charge < -0.3 is 0 Å². The van der Waals surface area contributed by atoms with Crippen LogP contribution in [0.25, 0.3) is 0 Å². The van der Waals surface area contributed by atoms with Crippen molar-refractivity contribution in [2.24, 2.45) is 10.9 Å². The van der Waals surface area contributed by atoms with Gasteiger partial charge in [-0.2, -0.15) is 0 Å². The summed E-state index contributed by atoms with van der Waals surface area (Å²) >= 11 is 0. The van der Waals surface area contributed by atoms with Gasteiger partial charge in [0.2, 0.25) is 6.08 Å². The summed E-state index contributed by atoms with van der Waals surface area (Å²) in [7, 11) is 0. The molecular formula is C18H35NO. The van der Waals surface area contributed by atoms with E-state index >= 15 is 0 Å². The molecule has 0 fully saturated rings. The molecule has 0 aromatic carbocycles. The fourth-order valence-electron chi connectivity index (χ4n) is 2.68. The number of carbonyl (C=O) groups excluding carboxylic acids is 1. The maximum absolute atomic E-state index is 9.91. The smallest absolute Gasteiger partial charge is 0.211 e. The van der Waals surface area contributed by atoms with Crippen LogP contribution in [-0.2, 0) is 4.79 Å². The van der Waals surface area contributed by atoms with E-state index in [9.17, 15) is 4.79 Å². The van der Waals surface area contributed by atoms with E-state index in [0.29, 0.717) is 6.54 Å². The first-order chi connectivity index (χ1) is 9.81. The van der Waals surface area contributed by atoms with Crippen LogP contribution < -0.4 is 0 Å². The molecule has 0 aliphatic rings. The summed E-state index contributed by atoms with van der Waals surface area (Å²) in [5.74, 6) is 0.833. The van der Waals surface area contributed by atoms with Crippen molar-refractivity contribution in [2.45, 2.75) is 97.3 Å². The average molecular weight is 281 g/mol. The highest BCUT2D eigenvalue weighted by molar-refractivity contribution is 5.32. The second-order valence-electron chi connectivity index (χ2n) is 6.19. The number of rotatable bonds is 15. The third kappa shape index (κ3) is 15.4. The molecule has 0 radical (unpaired) electrons. The van der Waals surface area contributed by atoms with Crippen LogP contribution in [0.3, 0.4) is 0 Å². The molecule has 0 N–H and O–H groups in total. The molecule has 0 aromatic rings. The first-order valence-electron chi connectivity index (χ1n) is 8.84. The minimum absolute atomic E-state index is 0.661. The van der Waals surface area contributed by atoms with Gasteiger partial charge in [0.05, 0.1) is 6.54 Å². The SMILES string of the molecule is CCCCCCCCCCCC(C)CCCCN=C=O. The fourth-order valence-corrected chi connectivity index (χ4v) is 2.68. The molecule has 0 heterocycles. The Bertz CT molecular complexity index is 234. The van der Waals surface area contributed by atoms with Crippen molar-refractivity contribution in [3.05, 3.63) is 0 Å². The highest BCUT2D eigenvalue weighted by Gasteiger charge is 2.01. The molecule has 0 aliphatic carbocycles. The van der Waals surface area contributed by atoms with Crippen LogP contribution in [0.2, 0.25) is 0 Å². The van der Waals surface area contributed by atoms with Crippen LogP contribution in [0, 0.1) is 5.92 Å². The topological polar surface area (TPSA) is 29.4 Å². The largest absolute Gasteiger partial charge is 0.234 e. The Labute approximate surface area is 126 Å². The van der Waals surface area contributed by atoms with Crippen molar-refractivity contribution in [2.75, 3.05) is 6.54 Å². The molecule has 118 valence electrons. The lowest BCUT2D eigenvalue weighted by Gasteiger charge is -2.10. The Hall–Kier alpha value is -0.620. The minimum atomic E-state index is 0.661. The molecule has 1 unspecified atom stereocenters.